The lowest BCUT2D eigenvalue weighted by atomic mass is 10.0. The minimum absolute atomic E-state index is 0.113. The first kappa shape index (κ1) is 15.0. The smallest absolute Gasteiger partial charge is 0.225 e. The van der Waals surface area contributed by atoms with E-state index in [9.17, 15) is 4.79 Å². The second-order valence-corrected chi connectivity index (χ2v) is 5.30. The van der Waals surface area contributed by atoms with Gasteiger partial charge < -0.3 is 4.90 Å². The fraction of sp³-hybridized carbons (Fsp3) is 0.533. The van der Waals surface area contributed by atoms with Gasteiger partial charge in [-0.15, -0.1) is 0 Å². The molecule has 0 aliphatic rings. The maximum absolute atomic E-state index is 12.1. The molecule has 0 radical (unpaired) electrons. The molecule has 0 aromatic heterocycles. The molecular formula is C15H22ClNO. The number of amides is 1. The van der Waals surface area contributed by atoms with E-state index in [1.54, 1.807) is 4.90 Å². The van der Waals surface area contributed by atoms with Gasteiger partial charge in [0.25, 0.3) is 0 Å². The minimum Gasteiger partial charge on any atom is -0.341 e. The van der Waals surface area contributed by atoms with Crippen molar-refractivity contribution in [3.05, 3.63) is 34.9 Å². The summed E-state index contributed by atoms with van der Waals surface area (Å²) in [6, 6.07) is 7.64. The fourth-order valence-corrected chi connectivity index (χ4v) is 2.08. The third-order valence-corrected chi connectivity index (χ3v) is 3.37. The van der Waals surface area contributed by atoms with Gasteiger partial charge in [0, 0.05) is 24.5 Å². The molecule has 100 valence electrons. The zero-order valence-corrected chi connectivity index (χ0v) is 12.2. The number of rotatable bonds is 6. The molecule has 1 rings (SSSR count). The molecule has 1 amide bonds. The maximum atomic E-state index is 12.1. The Morgan fingerprint density at radius 3 is 2.50 bits per heavy atom. The van der Waals surface area contributed by atoms with Crippen LogP contribution in [0, 0.1) is 5.92 Å². The van der Waals surface area contributed by atoms with Crippen molar-refractivity contribution >= 4 is 17.5 Å². The van der Waals surface area contributed by atoms with Crippen molar-refractivity contribution in [2.45, 2.75) is 39.7 Å². The maximum Gasteiger partial charge on any atom is 0.225 e. The van der Waals surface area contributed by atoms with Gasteiger partial charge in [-0.3, -0.25) is 4.79 Å². The number of benzene rings is 1. The second kappa shape index (κ2) is 7.42. The summed E-state index contributed by atoms with van der Waals surface area (Å²) < 4.78 is 0. The molecule has 3 heteroatoms. The quantitative estimate of drug-likeness (QED) is 0.759. The highest BCUT2D eigenvalue weighted by Gasteiger charge is 2.16. The summed E-state index contributed by atoms with van der Waals surface area (Å²) in [6.45, 7) is 4.80. The van der Waals surface area contributed by atoms with Crippen molar-refractivity contribution in [2.24, 2.45) is 5.92 Å². The van der Waals surface area contributed by atoms with Crippen molar-refractivity contribution in [3.63, 3.8) is 0 Å². The number of nitrogens with zero attached hydrogens (tertiary/aromatic N) is 1. The van der Waals surface area contributed by atoms with Crippen LogP contribution in [0.4, 0.5) is 0 Å². The van der Waals surface area contributed by atoms with Crippen LogP contribution in [0.1, 0.15) is 38.7 Å². The number of hydrogen-bond acceptors (Lipinski definition) is 1. The van der Waals surface area contributed by atoms with E-state index in [0.29, 0.717) is 6.54 Å². The Balaban J connectivity index is 2.51. The van der Waals surface area contributed by atoms with Gasteiger partial charge in [-0.05, 0) is 24.1 Å². The predicted octanol–water partition coefficient (Wildman–Crippen LogP) is 4.12. The second-order valence-electron chi connectivity index (χ2n) is 4.86. The van der Waals surface area contributed by atoms with Crippen molar-refractivity contribution in [2.75, 3.05) is 7.05 Å². The molecule has 1 atom stereocenters. The topological polar surface area (TPSA) is 20.3 Å². The van der Waals surface area contributed by atoms with Crippen LogP contribution >= 0.6 is 11.6 Å². The Hall–Kier alpha value is -1.02. The van der Waals surface area contributed by atoms with Crippen molar-refractivity contribution in [3.8, 4) is 0 Å². The first-order chi connectivity index (χ1) is 8.54. The standard InChI is InChI=1S/C15H22ClNO/c1-4-5-6-12(2)15(18)17(3)11-13-7-9-14(16)10-8-13/h7-10,12H,4-6,11H2,1-3H3. The van der Waals surface area contributed by atoms with Crippen LogP contribution in [0.25, 0.3) is 0 Å². The molecule has 1 aromatic rings. The molecule has 0 N–H and O–H groups in total. The Labute approximate surface area is 115 Å². The van der Waals surface area contributed by atoms with Gasteiger partial charge in [0.1, 0.15) is 0 Å². The van der Waals surface area contributed by atoms with Gasteiger partial charge in [-0.25, -0.2) is 0 Å². The van der Waals surface area contributed by atoms with Crippen LogP contribution in [0.5, 0.6) is 0 Å². The summed E-state index contributed by atoms with van der Waals surface area (Å²) in [6.07, 6.45) is 3.22. The third kappa shape index (κ3) is 4.69. The number of unbranched alkanes of at least 4 members (excludes halogenated alkanes) is 1. The molecule has 18 heavy (non-hydrogen) atoms. The third-order valence-electron chi connectivity index (χ3n) is 3.12. The molecule has 0 bridgehead atoms. The summed E-state index contributed by atoms with van der Waals surface area (Å²) in [7, 11) is 1.86. The average Bonchev–Trinajstić information content (AvgIpc) is 2.37. The molecule has 2 nitrogen and oxygen atoms in total. The average molecular weight is 268 g/mol. The lowest BCUT2D eigenvalue weighted by Crippen LogP contribution is -2.31. The highest BCUT2D eigenvalue weighted by atomic mass is 35.5. The minimum atomic E-state index is 0.113. The highest BCUT2D eigenvalue weighted by Crippen LogP contribution is 2.14. The van der Waals surface area contributed by atoms with E-state index in [4.69, 9.17) is 11.6 Å². The lowest BCUT2D eigenvalue weighted by Gasteiger charge is -2.21. The van der Waals surface area contributed by atoms with Crippen LogP contribution in [0.15, 0.2) is 24.3 Å². The van der Waals surface area contributed by atoms with Gasteiger partial charge in [0.05, 0.1) is 0 Å². The van der Waals surface area contributed by atoms with Crippen LogP contribution in [-0.2, 0) is 11.3 Å². The lowest BCUT2D eigenvalue weighted by molar-refractivity contribution is -0.134. The van der Waals surface area contributed by atoms with E-state index in [-0.39, 0.29) is 11.8 Å². The summed E-state index contributed by atoms with van der Waals surface area (Å²) in [5, 5.41) is 0.726. The van der Waals surface area contributed by atoms with Crippen molar-refractivity contribution in [1.82, 2.24) is 4.90 Å². The molecule has 0 spiro atoms. The zero-order valence-electron chi connectivity index (χ0n) is 11.4. The SMILES string of the molecule is CCCCC(C)C(=O)N(C)Cc1ccc(Cl)cc1. The van der Waals surface area contributed by atoms with Crippen LogP contribution in [0.2, 0.25) is 5.02 Å². The summed E-state index contributed by atoms with van der Waals surface area (Å²) in [4.78, 5) is 13.9. The summed E-state index contributed by atoms with van der Waals surface area (Å²) in [5.41, 5.74) is 1.11. The first-order valence-corrected chi connectivity index (χ1v) is 6.91. The van der Waals surface area contributed by atoms with E-state index in [0.717, 1.165) is 29.8 Å². The van der Waals surface area contributed by atoms with Gasteiger partial charge >= 0.3 is 0 Å². The number of carbonyl (C=O) groups is 1. The monoisotopic (exact) mass is 267 g/mol. The Morgan fingerprint density at radius 2 is 1.94 bits per heavy atom. The normalized spacial score (nSPS) is 12.2. The Morgan fingerprint density at radius 1 is 1.33 bits per heavy atom. The van der Waals surface area contributed by atoms with Crippen LogP contribution < -0.4 is 0 Å². The van der Waals surface area contributed by atoms with E-state index in [1.807, 2.05) is 38.2 Å². The Bertz CT molecular complexity index is 375. The van der Waals surface area contributed by atoms with Gasteiger partial charge in [-0.1, -0.05) is 50.4 Å². The number of halogens is 1. The number of carbonyl (C=O) groups excluding carboxylic acids is 1. The molecule has 0 aliphatic carbocycles. The molecule has 0 saturated carbocycles. The summed E-state index contributed by atoms with van der Waals surface area (Å²) >= 11 is 5.84. The van der Waals surface area contributed by atoms with E-state index >= 15 is 0 Å². The molecule has 0 saturated heterocycles. The zero-order chi connectivity index (χ0) is 13.5. The summed E-state index contributed by atoms with van der Waals surface area (Å²) in [5.74, 6) is 0.334. The molecule has 0 aliphatic heterocycles. The fourth-order valence-electron chi connectivity index (χ4n) is 1.95. The number of hydrogen-bond donors (Lipinski definition) is 0. The highest BCUT2D eigenvalue weighted by molar-refractivity contribution is 6.30. The van der Waals surface area contributed by atoms with E-state index in [2.05, 4.69) is 6.92 Å². The predicted molar refractivity (Wildman–Crippen MR) is 76.6 cm³/mol. The molecule has 0 fully saturated rings. The van der Waals surface area contributed by atoms with Crippen LogP contribution in [-0.4, -0.2) is 17.9 Å². The van der Waals surface area contributed by atoms with Gasteiger partial charge in [0.2, 0.25) is 5.91 Å². The molecule has 1 unspecified atom stereocenters. The van der Waals surface area contributed by atoms with Crippen molar-refractivity contribution < 1.29 is 4.79 Å². The van der Waals surface area contributed by atoms with Crippen molar-refractivity contribution in [1.29, 1.82) is 0 Å². The first-order valence-electron chi connectivity index (χ1n) is 6.54. The van der Waals surface area contributed by atoms with E-state index in [1.165, 1.54) is 0 Å². The van der Waals surface area contributed by atoms with Crippen LogP contribution in [0.3, 0.4) is 0 Å². The van der Waals surface area contributed by atoms with E-state index < -0.39 is 0 Å². The van der Waals surface area contributed by atoms with Gasteiger partial charge in [0.15, 0.2) is 0 Å². The molecule has 1 aromatic carbocycles. The largest absolute Gasteiger partial charge is 0.341 e. The molecule has 0 heterocycles. The molecular weight excluding hydrogens is 246 g/mol. The van der Waals surface area contributed by atoms with Gasteiger partial charge in [-0.2, -0.15) is 0 Å². The Kier molecular flexibility index (Phi) is 6.20.